The van der Waals surface area contributed by atoms with Gasteiger partial charge in [-0.3, -0.25) is 4.90 Å². The summed E-state index contributed by atoms with van der Waals surface area (Å²) in [5.74, 6) is 0.886. The highest BCUT2D eigenvalue weighted by Crippen LogP contribution is 2.26. The van der Waals surface area contributed by atoms with Crippen molar-refractivity contribution in [1.82, 2.24) is 9.80 Å². The van der Waals surface area contributed by atoms with Crippen LogP contribution in [0.25, 0.3) is 0 Å². The third-order valence-electron chi connectivity index (χ3n) is 3.01. The van der Waals surface area contributed by atoms with Gasteiger partial charge in [-0.25, -0.2) is 0 Å². The molecule has 0 unspecified atom stereocenters. The maximum atomic E-state index is 4.61. The van der Waals surface area contributed by atoms with Crippen molar-refractivity contribution in [2.24, 2.45) is 5.92 Å². The van der Waals surface area contributed by atoms with Gasteiger partial charge in [0.15, 0.2) is 0 Å². The molecule has 0 spiro atoms. The van der Waals surface area contributed by atoms with Crippen LogP contribution < -0.4 is 0 Å². The van der Waals surface area contributed by atoms with E-state index in [0.29, 0.717) is 0 Å². The van der Waals surface area contributed by atoms with Crippen LogP contribution in [0.15, 0.2) is 0 Å². The van der Waals surface area contributed by atoms with Crippen LogP contribution in [0.4, 0.5) is 0 Å². The summed E-state index contributed by atoms with van der Waals surface area (Å²) < 4.78 is 0. The van der Waals surface area contributed by atoms with Crippen molar-refractivity contribution in [2.45, 2.75) is 31.6 Å². The van der Waals surface area contributed by atoms with Gasteiger partial charge in [-0.1, -0.05) is 0 Å². The minimum absolute atomic E-state index is 0.0586. The van der Waals surface area contributed by atoms with Gasteiger partial charge in [-0.15, -0.1) is 0 Å². The highest BCUT2D eigenvalue weighted by atomic mass is 32.1. The van der Waals surface area contributed by atoms with Crippen LogP contribution in [-0.2, 0) is 0 Å². The number of rotatable bonds is 3. The van der Waals surface area contributed by atoms with E-state index in [2.05, 4.69) is 50.4 Å². The Bertz CT molecular complexity index is 167. The van der Waals surface area contributed by atoms with Gasteiger partial charge in [0, 0.05) is 6.54 Å². The fraction of sp³-hybridized carbons (Fsp3) is 1.00. The van der Waals surface area contributed by atoms with E-state index in [-0.39, 0.29) is 4.87 Å². The molecule has 0 aromatic rings. The highest BCUT2D eigenvalue weighted by Gasteiger charge is 2.27. The first kappa shape index (κ1) is 12.3. The van der Waals surface area contributed by atoms with Crippen LogP contribution in [0.3, 0.4) is 0 Å². The molecule has 0 aromatic heterocycles. The molecule has 1 aliphatic heterocycles. The Balaban J connectivity index is 2.31. The fourth-order valence-electron chi connectivity index (χ4n) is 2.18. The molecule has 0 bridgehead atoms. The molecule has 1 aliphatic rings. The second-order valence-electron chi connectivity index (χ2n) is 5.19. The summed E-state index contributed by atoms with van der Waals surface area (Å²) in [6.45, 7) is 8.01. The van der Waals surface area contributed by atoms with Crippen LogP contribution in [0.2, 0.25) is 0 Å². The lowest BCUT2D eigenvalue weighted by atomic mass is 9.95. The molecule has 2 nitrogen and oxygen atoms in total. The zero-order valence-corrected chi connectivity index (χ0v) is 10.8. The topological polar surface area (TPSA) is 6.48 Å². The van der Waals surface area contributed by atoms with E-state index in [1.807, 2.05) is 0 Å². The number of thiol groups is 1. The van der Waals surface area contributed by atoms with Crippen molar-refractivity contribution >= 4 is 12.6 Å². The molecule has 0 atom stereocenters. The van der Waals surface area contributed by atoms with E-state index in [4.69, 9.17) is 0 Å². The minimum Gasteiger partial charge on any atom is -0.309 e. The van der Waals surface area contributed by atoms with Gasteiger partial charge in [-0.2, -0.15) is 12.6 Å². The van der Waals surface area contributed by atoms with Crippen LogP contribution in [0.5, 0.6) is 0 Å². The van der Waals surface area contributed by atoms with Gasteiger partial charge in [0.25, 0.3) is 0 Å². The quantitative estimate of drug-likeness (QED) is 0.720. The Hall–Kier alpha value is 0.270. The van der Waals surface area contributed by atoms with E-state index in [1.165, 1.54) is 32.5 Å². The molecular weight excluding hydrogens is 192 g/mol. The molecule has 0 radical (unpaired) electrons. The van der Waals surface area contributed by atoms with Crippen molar-refractivity contribution in [3.05, 3.63) is 0 Å². The smallest absolute Gasteiger partial charge is 0.0583 e. The van der Waals surface area contributed by atoms with Crippen molar-refractivity contribution in [3.8, 4) is 0 Å². The summed E-state index contributed by atoms with van der Waals surface area (Å²) in [4.78, 5) is 4.83. The molecule has 0 amide bonds. The number of hydrogen-bond acceptors (Lipinski definition) is 3. The molecule has 0 N–H and O–H groups in total. The van der Waals surface area contributed by atoms with E-state index < -0.39 is 0 Å². The molecule has 1 saturated heterocycles. The first-order valence-corrected chi connectivity index (χ1v) is 5.96. The Kier molecular flexibility index (Phi) is 4.29. The maximum Gasteiger partial charge on any atom is 0.0583 e. The summed E-state index contributed by atoms with van der Waals surface area (Å²) >= 11 is 4.61. The number of likely N-dealkylation sites (tertiary alicyclic amines) is 1. The molecule has 0 saturated carbocycles. The standard InChI is InChI=1S/C11H24N2S/c1-11(2,14)13-7-5-10(6-8-13)9-12(3)4/h10,14H,5-9H2,1-4H3. The third-order valence-corrected chi connectivity index (χ3v) is 3.29. The molecule has 3 heteroatoms. The minimum atomic E-state index is 0.0586. The molecule has 1 rings (SSSR count). The average molecular weight is 216 g/mol. The lowest BCUT2D eigenvalue weighted by Crippen LogP contribution is -2.45. The second-order valence-corrected chi connectivity index (χ2v) is 6.28. The van der Waals surface area contributed by atoms with E-state index in [1.54, 1.807) is 0 Å². The van der Waals surface area contributed by atoms with Crippen molar-refractivity contribution in [1.29, 1.82) is 0 Å². The van der Waals surface area contributed by atoms with Gasteiger partial charge in [0.2, 0.25) is 0 Å². The Morgan fingerprint density at radius 2 is 1.79 bits per heavy atom. The van der Waals surface area contributed by atoms with Crippen LogP contribution in [0.1, 0.15) is 26.7 Å². The predicted molar refractivity (Wildman–Crippen MR) is 65.9 cm³/mol. The predicted octanol–water partition coefficient (Wildman–Crippen LogP) is 1.93. The summed E-state index contributed by atoms with van der Waals surface area (Å²) in [5, 5.41) is 0. The first-order valence-electron chi connectivity index (χ1n) is 5.52. The van der Waals surface area contributed by atoms with Crippen LogP contribution >= 0.6 is 12.6 Å². The Labute approximate surface area is 94.1 Å². The van der Waals surface area contributed by atoms with Crippen LogP contribution in [0, 0.1) is 5.92 Å². The van der Waals surface area contributed by atoms with Gasteiger partial charge in [0.1, 0.15) is 0 Å². The van der Waals surface area contributed by atoms with Gasteiger partial charge in [-0.05, 0) is 59.8 Å². The molecule has 1 heterocycles. The molecule has 14 heavy (non-hydrogen) atoms. The van der Waals surface area contributed by atoms with Crippen molar-refractivity contribution in [3.63, 3.8) is 0 Å². The van der Waals surface area contributed by atoms with E-state index >= 15 is 0 Å². The summed E-state index contributed by atoms with van der Waals surface area (Å²) in [6.07, 6.45) is 2.64. The van der Waals surface area contributed by atoms with E-state index in [9.17, 15) is 0 Å². The lowest BCUT2D eigenvalue weighted by molar-refractivity contribution is 0.120. The Morgan fingerprint density at radius 3 is 2.14 bits per heavy atom. The Morgan fingerprint density at radius 1 is 1.29 bits per heavy atom. The number of hydrogen-bond donors (Lipinski definition) is 1. The number of piperidine rings is 1. The van der Waals surface area contributed by atoms with Crippen LogP contribution in [-0.4, -0.2) is 48.4 Å². The highest BCUT2D eigenvalue weighted by molar-refractivity contribution is 7.81. The summed E-state index contributed by atoms with van der Waals surface area (Å²) in [5.41, 5.74) is 0. The average Bonchev–Trinajstić information content (AvgIpc) is 2.02. The largest absolute Gasteiger partial charge is 0.309 e. The normalized spacial score (nSPS) is 21.9. The SMILES string of the molecule is CN(C)CC1CCN(C(C)(C)S)CC1. The zero-order chi connectivity index (χ0) is 10.8. The molecule has 0 aromatic carbocycles. The fourth-order valence-corrected chi connectivity index (χ4v) is 2.38. The van der Waals surface area contributed by atoms with Gasteiger partial charge in [0.05, 0.1) is 4.87 Å². The molecule has 0 aliphatic carbocycles. The van der Waals surface area contributed by atoms with E-state index in [0.717, 1.165) is 5.92 Å². The third kappa shape index (κ3) is 3.79. The van der Waals surface area contributed by atoms with Crippen molar-refractivity contribution in [2.75, 3.05) is 33.7 Å². The number of nitrogens with zero attached hydrogens (tertiary/aromatic N) is 2. The molecule has 84 valence electrons. The monoisotopic (exact) mass is 216 g/mol. The second kappa shape index (κ2) is 4.86. The van der Waals surface area contributed by atoms with Gasteiger partial charge < -0.3 is 4.90 Å². The summed E-state index contributed by atoms with van der Waals surface area (Å²) in [6, 6.07) is 0. The maximum absolute atomic E-state index is 4.61. The zero-order valence-electron chi connectivity index (χ0n) is 9.95. The van der Waals surface area contributed by atoms with Crippen molar-refractivity contribution < 1.29 is 0 Å². The molecular formula is C11H24N2S. The molecule has 1 fully saturated rings. The summed E-state index contributed by atoms with van der Waals surface area (Å²) in [7, 11) is 4.32. The lowest BCUT2D eigenvalue weighted by Gasteiger charge is -2.40. The van der Waals surface area contributed by atoms with Gasteiger partial charge >= 0.3 is 0 Å². The first-order chi connectivity index (χ1) is 6.39.